The number of halogens is 4. The summed E-state index contributed by atoms with van der Waals surface area (Å²) < 4.78 is 13.5. The fraction of sp³-hybridized carbons (Fsp3) is 0. The summed E-state index contributed by atoms with van der Waals surface area (Å²) in [6.45, 7) is 0. The van der Waals surface area contributed by atoms with E-state index < -0.39 is 0 Å². The molecule has 0 amide bonds. The van der Waals surface area contributed by atoms with Crippen LogP contribution in [0.4, 0.5) is 4.39 Å². The third-order valence-corrected chi connectivity index (χ3v) is 2.89. The molecule has 1 aromatic carbocycles. The summed E-state index contributed by atoms with van der Waals surface area (Å²) in [5, 5.41) is 0.296. The zero-order valence-electron chi connectivity index (χ0n) is 7.72. The molecule has 2 rings (SSSR count). The van der Waals surface area contributed by atoms with Gasteiger partial charge in [0, 0.05) is 16.1 Å². The molecule has 0 aliphatic rings. The van der Waals surface area contributed by atoms with Crippen LogP contribution in [0, 0.1) is 5.82 Å². The van der Waals surface area contributed by atoms with E-state index in [-0.39, 0.29) is 16.3 Å². The van der Waals surface area contributed by atoms with Crippen molar-refractivity contribution >= 4 is 39.1 Å². The summed E-state index contributed by atoms with van der Waals surface area (Å²) in [7, 11) is 0. The van der Waals surface area contributed by atoms with Gasteiger partial charge >= 0.3 is 0 Å². The summed E-state index contributed by atoms with van der Waals surface area (Å²) in [6.07, 6.45) is 0. The molecule has 0 saturated carbocycles. The van der Waals surface area contributed by atoms with Gasteiger partial charge in [0.2, 0.25) is 5.28 Å². The average molecular weight is 322 g/mol. The van der Waals surface area contributed by atoms with E-state index in [4.69, 9.17) is 23.2 Å². The topological polar surface area (TPSA) is 25.8 Å². The SMILES string of the molecule is Fc1ccc(-c2cc(Cl)nc(Cl)n2)c(Br)c1. The molecule has 0 radical (unpaired) electrons. The van der Waals surface area contributed by atoms with Crippen molar-refractivity contribution in [3.8, 4) is 11.3 Å². The molecule has 0 unspecified atom stereocenters. The number of hydrogen-bond acceptors (Lipinski definition) is 2. The van der Waals surface area contributed by atoms with Gasteiger partial charge < -0.3 is 0 Å². The molecule has 0 N–H and O–H groups in total. The fourth-order valence-electron chi connectivity index (χ4n) is 1.23. The lowest BCUT2D eigenvalue weighted by molar-refractivity contribution is 0.627. The summed E-state index contributed by atoms with van der Waals surface area (Å²) in [5.41, 5.74) is 1.24. The molecule has 0 atom stereocenters. The summed E-state index contributed by atoms with van der Waals surface area (Å²) in [4.78, 5) is 7.75. The van der Waals surface area contributed by atoms with Crippen molar-refractivity contribution in [2.45, 2.75) is 0 Å². The van der Waals surface area contributed by atoms with E-state index in [0.717, 1.165) is 0 Å². The minimum atomic E-state index is -0.332. The Hall–Kier alpha value is -0.710. The Morgan fingerprint density at radius 1 is 1.12 bits per heavy atom. The third-order valence-electron chi connectivity index (χ3n) is 1.87. The predicted molar refractivity (Wildman–Crippen MR) is 65.1 cm³/mol. The van der Waals surface area contributed by atoms with Gasteiger partial charge in [0.05, 0.1) is 5.69 Å². The van der Waals surface area contributed by atoms with Crippen molar-refractivity contribution in [1.82, 2.24) is 9.97 Å². The standard InChI is InChI=1S/C10H4BrCl2FN2/c11-7-3-5(14)1-2-6(7)8-4-9(12)16-10(13)15-8/h1-4H. The highest BCUT2D eigenvalue weighted by Gasteiger charge is 2.08. The molecule has 16 heavy (non-hydrogen) atoms. The van der Waals surface area contributed by atoms with Gasteiger partial charge in [0.25, 0.3) is 0 Å². The molecule has 0 aliphatic heterocycles. The monoisotopic (exact) mass is 320 g/mol. The van der Waals surface area contributed by atoms with Gasteiger partial charge in [0.15, 0.2) is 0 Å². The zero-order chi connectivity index (χ0) is 11.7. The lowest BCUT2D eigenvalue weighted by Gasteiger charge is -2.04. The predicted octanol–water partition coefficient (Wildman–Crippen LogP) is 4.35. The van der Waals surface area contributed by atoms with Gasteiger partial charge in [-0.05, 0) is 45.7 Å². The molecule has 0 fully saturated rings. The molecule has 0 saturated heterocycles. The lowest BCUT2D eigenvalue weighted by atomic mass is 10.1. The van der Waals surface area contributed by atoms with Crippen LogP contribution >= 0.6 is 39.1 Å². The summed E-state index contributed by atoms with van der Waals surface area (Å²) in [5.74, 6) is -0.332. The van der Waals surface area contributed by atoms with Crippen molar-refractivity contribution in [2.24, 2.45) is 0 Å². The number of rotatable bonds is 1. The zero-order valence-corrected chi connectivity index (χ0v) is 10.8. The van der Waals surface area contributed by atoms with E-state index in [0.29, 0.717) is 15.7 Å². The molecule has 0 aliphatic carbocycles. The minimum absolute atomic E-state index is 0.0544. The Kier molecular flexibility index (Phi) is 3.42. The Morgan fingerprint density at radius 3 is 2.50 bits per heavy atom. The van der Waals surface area contributed by atoms with Gasteiger partial charge in [0.1, 0.15) is 11.0 Å². The summed E-state index contributed by atoms with van der Waals surface area (Å²) in [6, 6.07) is 5.84. The van der Waals surface area contributed by atoms with Gasteiger partial charge in [-0.1, -0.05) is 11.6 Å². The molecule has 1 aromatic heterocycles. The van der Waals surface area contributed by atoms with Crippen molar-refractivity contribution in [3.05, 3.63) is 45.0 Å². The molecule has 1 heterocycles. The Morgan fingerprint density at radius 2 is 1.88 bits per heavy atom. The molecule has 2 nitrogen and oxygen atoms in total. The maximum absolute atomic E-state index is 12.9. The number of hydrogen-bond donors (Lipinski definition) is 0. The minimum Gasteiger partial charge on any atom is -0.218 e. The maximum Gasteiger partial charge on any atom is 0.224 e. The molecule has 0 spiro atoms. The maximum atomic E-state index is 12.9. The molecule has 0 bridgehead atoms. The molecule has 6 heteroatoms. The highest BCUT2D eigenvalue weighted by Crippen LogP contribution is 2.29. The number of aromatic nitrogens is 2. The van der Waals surface area contributed by atoms with Gasteiger partial charge in [-0.3, -0.25) is 0 Å². The summed E-state index contributed by atoms with van der Waals surface area (Å²) >= 11 is 14.7. The van der Waals surface area contributed by atoms with Gasteiger partial charge in [-0.2, -0.15) is 0 Å². The molecule has 2 aromatic rings. The van der Waals surface area contributed by atoms with Crippen LogP contribution in [0.1, 0.15) is 0 Å². The van der Waals surface area contributed by atoms with Crippen LogP contribution in [-0.2, 0) is 0 Å². The van der Waals surface area contributed by atoms with Crippen LogP contribution in [0.25, 0.3) is 11.3 Å². The highest BCUT2D eigenvalue weighted by molar-refractivity contribution is 9.10. The first kappa shape index (κ1) is 11.8. The Bertz CT molecular complexity index is 528. The Balaban J connectivity index is 2.58. The fourth-order valence-corrected chi connectivity index (χ4v) is 2.19. The smallest absolute Gasteiger partial charge is 0.218 e. The van der Waals surface area contributed by atoms with Crippen LogP contribution in [0.15, 0.2) is 28.7 Å². The van der Waals surface area contributed by atoms with Crippen LogP contribution in [0.2, 0.25) is 10.4 Å². The molecular weight excluding hydrogens is 318 g/mol. The van der Waals surface area contributed by atoms with Crippen LogP contribution in [-0.4, -0.2) is 9.97 Å². The normalized spacial score (nSPS) is 10.5. The number of nitrogens with zero attached hydrogens (tertiary/aromatic N) is 2. The third kappa shape index (κ3) is 2.51. The van der Waals surface area contributed by atoms with E-state index in [1.54, 1.807) is 12.1 Å². The van der Waals surface area contributed by atoms with E-state index in [9.17, 15) is 4.39 Å². The average Bonchev–Trinajstić information content (AvgIpc) is 2.15. The van der Waals surface area contributed by atoms with E-state index in [1.165, 1.54) is 12.1 Å². The van der Waals surface area contributed by atoms with Crippen molar-refractivity contribution in [2.75, 3.05) is 0 Å². The van der Waals surface area contributed by atoms with E-state index >= 15 is 0 Å². The second-order valence-electron chi connectivity index (χ2n) is 2.97. The number of benzene rings is 1. The van der Waals surface area contributed by atoms with E-state index in [2.05, 4.69) is 25.9 Å². The van der Waals surface area contributed by atoms with Crippen molar-refractivity contribution in [1.29, 1.82) is 0 Å². The van der Waals surface area contributed by atoms with Crippen molar-refractivity contribution < 1.29 is 4.39 Å². The second-order valence-corrected chi connectivity index (χ2v) is 4.55. The largest absolute Gasteiger partial charge is 0.224 e. The van der Waals surface area contributed by atoms with Crippen molar-refractivity contribution in [3.63, 3.8) is 0 Å². The Labute approximate surface area is 110 Å². The van der Waals surface area contributed by atoms with Crippen LogP contribution in [0.5, 0.6) is 0 Å². The first-order valence-electron chi connectivity index (χ1n) is 4.22. The lowest BCUT2D eigenvalue weighted by Crippen LogP contribution is -1.89. The quantitative estimate of drug-likeness (QED) is 0.576. The first-order chi connectivity index (χ1) is 7.56. The van der Waals surface area contributed by atoms with E-state index in [1.807, 2.05) is 0 Å². The highest BCUT2D eigenvalue weighted by atomic mass is 79.9. The van der Waals surface area contributed by atoms with Crippen LogP contribution < -0.4 is 0 Å². The molecule has 82 valence electrons. The second kappa shape index (κ2) is 4.65. The van der Waals surface area contributed by atoms with Crippen LogP contribution in [0.3, 0.4) is 0 Å². The molecular formula is C10H4BrCl2FN2. The first-order valence-corrected chi connectivity index (χ1v) is 5.76. The van der Waals surface area contributed by atoms with Gasteiger partial charge in [-0.15, -0.1) is 0 Å². The van der Waals surface area contributed by atoms with Gasteiger partial charge in [-0.25, -0.2) is 14.4 Å².